The van der Waals surface area contributed by atoms with Crippen molar-refractivity contribution in [2.75, 3.05) is 13.1 Å². The summed E-state index contributed by atoms with van der Waals surface area (Å²) in [4.78, 5) is 45.0. The summed E-state index contributed by atoms with van der Waals surface area (Å²) in [6.45, 7) is 2.47. The highest BCUT2D eigenvalue weighted by atomic mass is 16.5. The largest absolute Gasteiger partial charge is 0.489 e. The number of carbonyl (C=O) groups is 3. The van der Waals surface area contributed by atoms with Crippen molar-refractivity contribution in [1.82, 2.24) is 20.1 Å². The van der Waals surface area contributed by atoms with Crippen molar-refractivity contribution >= 4 is 17.7 Å². The number of hydrogen-bond acceptors (Lipinski definition) is 6. The number of nitrogens with one attached hydrogen (secondary N) is 1. The number of hydrogen-bond donors (Lipinski definition) is 1. The first-order valence-electron chi connectivity index (χ1n) is 12.6. The monoisotopic (exact) mass is 474 g/mol. The highest BCUT2D eigenvalue weighted by Crippen LogP contribution is 2.36. The fourth-order valence-electron chi connectivity index (χ4n) is 6.06. The molecule has 3 fully saturated rings. The van der Waals surface area contributed by atoms with E-state index in [9.17, 15) is 14.4 Å². The van der Waals surface area contributed by atoms with Crippen LogP contribution in [0.25, 0.3) is 0 Å². The molecular formula is C27H30N4O4. The Balaban J connectivity index is 1.12. The maximum Gasteiger partial charge on any atom is 0.255 e. The van der Waals surface area contributed by atoms with Crippen LogP contribution in [0.3, 0.4) is 0 Å². The van der Waals surface area contributed by atoms with E-state index in [-0.39, 0.29) is 30.2 Å². The van der Waals surface area contributed by atoms with Gasteiger partial charge >= 0.3 is 0 Å². The molecule has 3 amide bonds. The number of likely N-dealkylation sites (tertiary alicyclic amines) is 1. The molecule has 1 N–H and O–H groups in total. The van der Waals surface area contributed by atoms with Gasteiger partial charge in [0.1, 0.15) is 17.9 Å². The molecule has 35 heavy (non-hydrogen) atoms. The normalized spacial score (nSPS) is 27.4. The van der Waals surface area contributed by atoms with Crippen LogP contribution in [0.1, 0.15) is 65.9 Å². The molecule has 1 aromatic carbocycles. The van der Waals surface area contributed by atoms with Crippen molar-refractivity contribution in [2.45, 2.75) is 69.2 Å². The van der Waals surface area contributed by atoms with E-state index in [1.54, 1.807) is 4.90 Å². The van der Waals surface area contributed by atoms with Crippen molar-refractivity contribution in [1.29, 1.82) is 0 Å². The second-order valence-electron chi connectivity index (χ2n) is 10.2. The van der Waals surface area contributed by atoms with Crippen molar-refractivity contribution < 1.29 is 19.1 Å². The minimum absolute atomic E-state index is 0.128. The molecule has 3 aliphatic heterocycles. The van der Waals surface area contributed by atoms with E-state index in [1.807, 2.05) is 30.6 Å². The number of piperidine rings is 1. The zero-order valence-corrected chi connectivity index (χ0v) is 19.7. The van der Waals surface area contributed by atoms with Gasteiger partial charge in [0.25, 0.3) is 5.91 Å². The van der Waals surface area contributed by atoms with Gasteiger partial charge in [-0.1, -0.05) is 6.42 Å². The summed E-state index contributed by atoms with van der Waals surface area (Å²) in [6, 6.07) is 9.69. The molecule has 6 rings (SSSR count). The van der Waals surface area contributed by atoms with Crippen molar-refractivity contribution in [2.24, 2.45) is 0 Å². The average Bonchev–Trinajstić information content (AvgIpc) is 3.15. The molecule has 2 aromatic rings. The first-order valence-corrected chi connectivity index (χ1v) is 12.6. The third kappa shape index (κ3) is 4.20. The molecule has 0 unspecified atom stereocenters. The highest BCUT2D eigenvalue weighted by molar-refractivity contribution is 6.05. The second kappa shape index (κ2) is 9.07. The van der Waals surface area contributed by atoms with E-state index in [4.69, 9.17) is 4.74 Å². The van der Waals surface area contributed by atoms with Crippen molar-refractivity contribution in [3.05, 3.63) is 59.4 Å². The van der Waals surface area contributed by atoms with Gasteiger partial charge in [0.2, 0.25) is 11.8 Å². The fourth-order valence-corrected chi connectivity index (χ4v) is 6.06. The molecule has 4 aliphatic rings. The standard InChI is InChI=1S/C27H30N4O4/c32-25-8-7-23(26(33)29-25)31-16-18-13-20(5-6-21(18)27(31)34)35-24-4-2-1-3-22(24)30-14-19(15-30)17-9-11-28-12-10-17/h5-6,9-13,19,22-24H,1-4,7-8,14-16H2,(H,29,32,33)/t22-,23+,24+/m0/s1. The molecule has 2 saturated heterocycles. The van der Waals surface area contributed by atoms with Gasteiger partial charge in [-0.3, -0.25) is 29.6 Å². The van der Waals surface area contributed by atoms with E-state index in [0.29, 0.717) is 30.5 Å². The van der Waals surface area contributed by atoms with Crippen molar-refractivity contribution in [3.63, 3.8) is 0 Å². The Morgan fingerprint density at radius 2 is 1.77 bits per heavy atom. The van der Waals surface area contributed by atoms with E-state index in [0.717, 1.165) is 43.7 Å². The number of benzene rings is 1. The van der Waals surface area contributed by atoms with Crippen LogP contribution < -0.4 is 10.1 Å². The number of pyridine rings is 1. The lowest BCUT2D eigenvalue weighted by atomic mass is 9.84. The third-order valence-corrected chi connectivity index (χ3v) is 8.01. The molecule has 8 heteroatoms. The Morgan fingerprint density at radius 3 is 2.57 bits per heavy atom. The molecule has 0 radical (unpaired) electrons. The maximum absolute atomic E-state index is 13.0. The Kier molecular flexibility index (Phi) is 5.76. The van der Waals surface area contributed by atoms with Gasteiger partial charge in [-0.15, -0.1) is 0 Å². The predicted octanol–water partition coefficient (Wildman–Crippen LogP) is 2.63. The minimum atomic E-state index is -0.598. The number of amides is 3. The van der Waals surface area contributed by atoms with Gasteiger partial charge in [-0.25, -0.2) is 0 Å². The van der Waals surface area contributed by atoms with Crippen LogP contribution in [-0.4, -0.2) is 63.8 Å². The number of fused-ring (bicyclic) bond motifs is 1. The van der Waals surface area contributed by atoms with Crippen LogP contribution in [0.4, 0.5) is 0 Å². The van der Waals surface area contributed by atoms with Gasteiger partial charge < -0.3 is 9.64 Å². The zero-order chi connectivity index (χ0) is 23.9. The van der Waals surface area contributed by atoms with E-state index >= 15 is 0 Å². The van der Waals surface area contributed by atoms with Crippen LogP contribution in [0.2, 0.25) is 0 Å². The quantitative estimate of drug-likeness (QED) is 0.670. The number of carbonyl (C=O) groups excluding carboxylic acids is 3. The summed E-state index contributed by atoms with van der Waals surface area (Å²) in [7, 11) is 0. The third-order valence-electron chi connectivity index (χ3n) is 8.01. The molecule has 1 aromatic heterocycles. The van der Waals surface area contributed by atoms with Gasteiger partial charge in [0.05, 0.1) is 0 Å². The summed E-state index contributed by atoms with van der Waals surface area (Å²) >= 11 is 0. The Labute approximate surface area is 204 Å². The Morgan fingerprint density at radius 1 is 0.971 bits per heavy atom. The van der Waals surface area contributed by atoms with Crippen LogP contribution in [-0.2, 0) is 16.1 Å². The predicted molar refractivity (Wildman–Crippen MR) is 128 cm³/mol. The molecule has 182 valence electrons. The van der Waals surface area contributed by atoms with E-state index in [1.165, 1.54) is 12.0 Å². The van der Waals surface area contributed by atoms with E-state index in [2.05, 4.69) is 27.3 Å². The second-order valence-corrected chi connectivity index (χ2v) is 10.2. The van der Waals surface area contributed by atoms with Gasteiger partial charge in [0, 0.05) is 56.0 Å². The number of imide groups is 1. The number of ether oxygens (including phenoxy) is 1. The van der Waals surface area contributed by atoms with Gasteiger partial charge in [-0.05, 0) is 67.1 Å². The van der Waals surface area contributed by atoms with Crippen LogP contribution in [0.15, 0.2) is 42.7 Å². The molecular weight excluding hydrogens is 444 g/mol. The average molecular weight is 475 g/mol. The molecule has 4 heterocycles. The van der Waals surface area contributed by atoms with Crippen molar-refractivity contribution in [3.8, 4) is 5.75 Å². The van der Waals surface area contributed by atoms with Crippen LogP contribution >= 0.6 is 0 Å². The highest BCUT2D eigenvalue weighted by Gasteiger charge is 2.41. The maximum atomic E-state index is 13.0. The first-order chi connectivity index (χ1) is 17.1. The first kappa shape index (κ1) is 22.2. The van der Waals surface area contributed by atoms with Gasteiger partial charge in [-0.2, -0.15) is 0 Å². The minimum Gasteiger partial charge on any atom is -0.489 e. The summed E-state index contributed by atoms with van der Waals surface area (Å²) in [6.07, 6.45) is 9.04. The summed E-state index contributed by atoms with van der Waals surface area (Å²) in [5.41, 5.74) is 2.85. The molecule has 0 bridgehead atoms. The summed E-state index contributed by atoms with van der Waals surface area (Å²) in [5, 5.41) is 2.35. The number of rotatable bonds is 5. The van der Waals surface area contributed by atoms with Crippen LogP contribution in [0.5, 0.6) is 5.75 Å². The number of nitrogens with zero attached hydrogens (tertiary/aromatic N) is 3. The number of aromatic nitrogens is 1. The molecule has 0 spiro atoms. The SMILES string of the molecule is O=C1CC[C@@H](N2Cc3cc(O[C@@H]4CCCC[C@@H]4N4CC(c5ccncc5)C4)ccc3C2=O)C(=O)N1. The molecule has 1 aliphatic carbocycles. The summed E-state index contributed by atoms with van der Waals surface area (Å²) in [5.74, 6) is 0.528. The van der Waals surface area contributed by atoms with Crippen LogP contribution in [0, 0.1) is 0 Å². The Hall–Kier alpha value is -3.26. The topological polar surface area (TPSA) is 91.8 Å². The van der Waals surface area contributed by atoms with Gasteiger partial charge in [0.15, 0.2) is 0 Å². The summed E-state index contributed by atoms with van der Waals surface area (Å²) < 4.78 is 6.54. The molecule has 8 nitrogen and oxygen atoms in total. The zero-order valence-electron chi connectivity index (χ0n) is 19.7. The smallest absolute Gasteiger partial charge is 0.255 e. The molecule has 1 saturated carbocycles. The molecule has 3 atom stereocenters. The Bertz CT molecular complexity index is 1150. The van der Waals surface area contributed by atoms with E-state index < -0.39 is 6.04 Å². The lowest BCUT2D eigenvalue weighted by Gasteiger charge is -2.48. The lowest BCUT2D eigenvalue weighted by molar-refractivity contribution is -0.136. The lowest BCUT2D eigenvalue weighted by Crippen LogP contribution is -2.57. The fraction of sp³-hybridized carbons (Fsp3) is 0.481.